The average molecular weight is 351 g/mol. The van der Waals surface area contributed by atoms with Gasteiger partial charge in [-0.25, -0.2) is 0 Å². The Hall–Kier alpha value is -1.27. The number of benzene rings is 1. The topological polar surface area (TPSA) is 46.3 Å². The summed E-state index contributed by atoms with van der Waals surface area (Å²) in [6.07, 6.45) is -1.42. The van der Waals surface area contributed by atoms with Crippen molar-refractivity contribution in [3.8, 4) is 0 Å². The SMILES string of the molecule is CC(N)CC(=O)N1CCCCC1c1ccc(C(F)(F)F)cc1.Cl. The highest BCUT2D eigenvalue weighted by Gasteiger charge is 2.32. The van der Waals surface area contributed by atoms with Gasteiger partial charge in [0.05, 0.1) is 11.6 Å². The number of nitrogens with two attached hydrogens (primary N) is 1. The van der Waals surface area contributed by atoms with Crippen LogP contribution in [0.15, 0.2) is 24.3 Å². The molecule has 1 aromatic rings. The molecule has 23 heavy (non-hydrogen) atoms. The van der Waals surface area contributed by atoms with Gasteiger partial charge in [0.1, 0.15) is 0 Å². The van der Waals surface area contributed by atoms with Crippen LogP contribution < -0.4 is 5.73 Å². The first-order valence-electron chi connectivity index (χ1n) is 7.51. The normalized spacial score (nSPS) is 19.9. The monoisotopic (exact) mass is 350 g/mol. The van der Waals surface area contributed by atoms with Gasteiger partial charge in [-0.3, -0.25) is 4.79 Å². The molecule has 1 heterocycles. The molecule has 3 nitrogen and oxygen atoms in total. The van der Waals surface area contributed by atoms with Crippen LogP contribution in [0.2, 0.25) is 0 Å². The summed E-state index contributed by atoms with van der Waals surface area (Å²) in [6, 6.07) is 4.75. The lowest BCUT2D eigenvalue weighted by molar-refractivity contribution is -0.138. The molecule has 1 aliphatic heterocycles. The molecule has 1 saturated heterocycles. The van der Waals surface area contributed by atoms with Gasteiger partial charge in [-0.15, -0.1) is 12.4 Å². The lowest BCUT2D eigenvalue weighted by Gasteiger charge is -2.36. The first-order valence-corrected chi connectivity index (χ1v) is 7.51. The number of amides is 1. The summed E-state index contributed by atoms with van der Waals surface area (Å²) >= 11 is 0. The first-order chi connectivity index (χ1) is 10.3. The van der Waals surface area contributed by atoms with E-state index in [1.165, 1.54) is 12.1 Å². The van der Waals surface area contributed by atoms with E-state index in [0.717, 1.165) is 37.0 Å². The molecular formula is C16H22ClF3N2O. The number of carbonyl (C=O) groups excluding carboxylic acids is 1. The van der Waals surface area contributed by atoms with Gasteiger partial charge in [0.2, 0.25) is 5.91 Å². The second kappa shape index (κ2) is 8.02. The minimum absolute atomic E-state index is 0. The predicted octanol–water partition coefficient (Wildman–Crippen LogP) is 3.92. The molecule has 2 rings (SSSR count). The van der Waals surface area contributed by atoms with E-state index < -0.39 is 11.7 Å². The molecule has 7 heteroatoms. The number of likely N-dealkylation sites (tertiary alicyclic amines) is 1. The van der Waals surface area contributed by atoms with Crippen LogP contribution >= 0.6 is 12.4 Å². The van der Waals surface area contributed by atoms with E-state index in [-0.39, 0.29) is 36.8 Å². The van der Waals surface area contributed by atoms with Crippen molar-refractivity contribution in [3.05, 3.63) is 35.4 Å². The van der Waals surface area contributed by atoms with Gasteiger partial charge in [-0.1, -0.05) is 12.1 Å². The van der Waals surface area contributed by atoms with Gasteiger partial charge in [0.25, 0.3) is 0 Å². The maximum absolute atomic E-state index is 12.6. The summed E-state index contributed by atoms with van der Waals surface area (Å²) in [5.41, 5.74) is 5.77. The molecule has 0 bridgehead atoms. The van der Waals surface area contributed by atoms with Crippen LogP contribution in [0.25, 0.3) is 0 Å². The van der Waals surface area contributed by atoms with E-state index in [2.05, 4.69) is 0 Å². The largest absolute Gasteiger partial charge is 0.416 e. The quantitative estimate of drug-likeness (QED) is 0.898. The summed E-state index contributed by atoms with van der Waals surface area (Å²) in [6.45, 7) is 2.41. The lowest BCUT2D eigenvalue weighted by Crippen LogP contribution is -2.40. The summed E-state index contributed by atoms with van der Waals surface area (Å²) in [4.78, 5) is 14.0. The van der Waals surface area contributed by atoms with Crippen molar-refractivity contribution in [2.45, 2.75) is 50.9 Å². The van der Waals surface area contributed by atoms with E-state index in [9.17, 15) is 18.0 Å². The molecule has 1 aliphatic rings. The molecule has 2 unspecified atom stereocenters. The minimum Gasteiger partial charge on any atom is -0.336 e. The third kappa shape index (κ3) is 5.11. The molecule has 2 N–H and O–H groups in total. The summed E-state index contributed by atoms with van der Waals surface area (Å²) in [5.74, 6) is -0.0282. The second-order valence-electron chi connectivity index (χ2n) is 5.90. The molecule has 130 valence electrons. The highest BCUT2D eigenvalue weighted by atomic mass is 35.5. The Kier molecular flexibility index (Phi) is 6.89. The number of alkyl halides is 3. The van der Waals surface area contributed by atoms with Crippen LogP contribution in [0.5, 0.6) is 0 Å². The number of piperidine rings is 1. The Morgan fingerprint density at radius 2 is 1.91 bits per heavy atom. The Labute approximate surface area is 140 Å². The number of halogens is 4. The number of hydrogen-bond donors (Lipinski definition) is 1. The zero-order valence-electron chi connectivity index (χ0n) is 13.0. The molecule has 0 saturated carbocycles. The summed E-state index contributed by atoms with van der Waals surface area (Å²) < 4.78 is 37.9. The predicted molar refractivity (Wildman–Crippen MR) is 85.3 cm³/mol. The van der Waals surface area contributed by atoms with E-state index in [1.807, 2.05) is 0 Å². The fourth-order valence-corrected chi connectivity index (χ4v) is 2.86. The number of rotatable bonds is 3. The Morgan fingerprint density at radius 1 is 1.30 bits per heavy atom. The summed E-state index contributed by atoms with van der Waals surface area (Å²) in [5, 5.41) is 0. The van der Waals surface area contributed by atoms with Gasteiger partial charge in [-0.2, -0.15) is 13.2 Å². The number of carbonyl (C=O) groups is 1. The smallest absolute Gasteiger partial charge is 0.336 e. The molecular weight excluding hydrogens is 329 g/mol. The maximum Gasteiger partial charge on any atom is 0.416 e. The van der Waals surface area contributed by atoms with Crippen molar-refractivity contribution >= 4 is 18.3 Å². The molecule has 2 atom stereocenters. The van der Waals surface area contributed by atoms with Crippen molar-refractivity contribution in [1.29, 1.82) is 0 Å². The fraction of sp³-hybridized carbons (Fsp3) is 0.562. The van der Waals surface area contributed by atoms with Crippen molar-refractivity contribution < 1.29 is 18.0 Å². The highest BCUT2D eigenvalue weighted by Crippen LogP contribution is 2.34. The highest BCUT2D eigenvalue weighted by molar-refractivity contribution is 5.85. The van der Waals surface area contributed by atoms with Crippen molar-refractivity contribution in [2.24, 2.45) is 5.73 Å². The van der Waals surface area contributed by atoms with E-state index in [0.29, 0.717) is 6.54 Å². The second-order valence-corrected chi connectivity index (χ2v) is 5.90. The zero-order valence-corrected chi connectivity index (χ0v) is 13.8. The standard InChI is InChI=1S/C16H21F3N2O.ClH/c1-11(20)10-15(22)21-9-3-2-4-14(21)12-5-7-13(8-6-12)16(17,18)19;/h5-8,11,14H,2-4,9-10,20H2,1H3;1H. The lowest BCUT2D eigenvalue weighted by atomic mass is 9.94. The Bertz CT molecular complexity index is 517. The van der Waals surface area contributed by atoms with Gasteiger partial charge in [0, 0.05) is 19.0 Å². The third-order valence-electron chi connectivity index (χ3n) is 3.94. The van der Waals surface area contributed by atoms with E-state index >= 15 is 0 Å². The fourth-order valence-electron chi connectivity index (χ4n) is 2.86. The van der Waals surface area contributed by atoms with Gasteiger partial charge in [0.15, 0.2) is 0 Å². The van der Waals surface area contributed by atoms with Gasteiger partial charge in [-0.05, 0) is 43.9 Å². The van der Waals surface area contributed by atoms with Gasteiger partial charge < -0.3 is 10.6 Å². The first kappa shape index (κ1) is 19.8. The minimum atomic E-state index is -4.34. The molecule has 0 radical (unpaired) electrons. The Morgan fingerprint density at radius 3 is 2.43 bits per heavy atom. The third-order valence-corrected chi connectivity index (χ3v) is 3.94. The Balaban J connectivity index is 0.00000264. The van der Waals surface area contributed by atoms with Crippen molar-refractivity contribution in [2.75, 3.05) is 6.54 Å². The van der Waals surface area contributed by atoms with Crippen LogP contribution in [0.1, 0.15) is 49.8 Å². The average Bonchev–Trinajstić information content (AvgIpc) is 2.46. The maximum atomic E-state index is 12.6. The molecule has 0 spiro atoms. The molecule has 1 aromatic carbocycles. The van der Waals surface area contributed by atoms with E-state index in [4.69, 9.17) is 5.73 Å². The van der Waals surface area contributed by atoms with Crippen LogP contribution in [-0.2, 0) is 11.0 Å². The van der Waals surface area contributed by atoms with Crippen LogP contribution in [0.3, 0.4) is 0 Å². The molecule has 0 aromatic heterocycles. The molecule has 0 aliphatic carbocycles. The van der Waals surface area contributed by atoms with Gasteiger partial charge >= 0.3 is 6.18 Å². The van der Waals surface area contributed by atoms with Crippen LogP contribution in [0, 0.1) is 0 Å². The molecule has 1 amide bonds. The zero-order chi connectivity index (χ0) is 16.3. The van der Waals surface area contributed by atoms with Crippen molar-refractivity contribution in [1.82, 2.24) is 4.90 Å². The number of hydrogen-bond acceptors (Lipinski definition) is 2. The molecule has 1 fully saturated rings. The van der Waals surface area contributed by atoms with Crippen LogP contribution in [0.4, 0.5) is 13.2 Å². The van der Waals surface area contributed by atoms with Crippen LogP contribution in [-0.4, -0.2) is 23.4 Å². The summed E-state index contributed by atoms with van der Waals surface area (Å²) in [7, 11) is 0. The van der Waals surface area contributed by atoms with E-state index in [1.54, 1.807) is 11.8 Å². The number of nitrogens with zero attached hydrogens (tertiary/aromatic N) is 1. The van der Waals surface area contributed by atoms with Crippen molar-refractivity contribution in [3.63, 3.8) is 0 Å².